The van der Waals surface area contributed by atoms with Crippen LogP contribution in [0, 0.1) is 12.3 Å². The molecule has 0 aliphatic rings. The van der Waals surface area contributed by atoms with E-state index in [1.807, 2.05) is 20.8 Å². The van der Waals surface area contributed by atoms with E-state index in [0.717, 1.165) is 0 Å². The molecule has 6 nitrogen and oxygen atoms in total. The highest BCUT2D eigenvalue weighted by atomic mass is 16.1. The molecule has 0 unspecified atom stereocenters. The van der Waals surface area contributed by atoms with E-state index < -0.39 is 0 Å². The number of rotatable bonds is 3. The van der Waals surface area contributed by atoms with Gasteiger partial charge in [-0.15, -0.1) is 0 Å². The van der Waals surface area contributed by atoms with E-state index in [2.05, 4.69) is 15.3 Å². The Morgan fingerprint density at radius 3 is 2.50 bits per heavy atom. The molecule has 0 radical (unpaired) electrons. The smallest absolute Gasteiger partial charge is 0.267 e. The minimum atomic E-state index is -0.162. The van der Waals surface area contributed by atoms with Gasteiger partial charge in [-0.25, -0.2) is 9.97 Å². The summed E-state index contributed by atoms with van der Waals surface area (Å²) in [5, 5.41) is 3.36. The van der Waals surface area contributed by atoms with Crippen molar-refractivity contribution in [2.45, 2.75) is 34.1 Å². The Hall–Kier alpha value is -3.02. The van der Waals surface area contributed by atoms with Crippen molar-refractivity contribution in [3.8, 4) is 5.69 Å². The first-order valence-electron chi connectivity index (χ1n) is 8.49. The zero-order valence-electron chi connectivity index (χ0n) is 15.4. The summed E-state index contributed by atoms with van der Waals surface area (Å²) in [7, 11) is 0. The van der Waals surface area contributed by atoms with Crippen molar-refractivity contribution in [2.75, 3.05) is 5.32 Å². The van der Waals surface area contributed by atoms with Gasteiger partial charge in [0.15, 0.2) is 5.65 Å². The van der Waals surface area contributed by atoms with Gasteiger partial charge in [-0.1, -0.05) is 20.8 Å². The number of pyridine rings is 1. The summed E-state index contributed by atoms with van der Waals surface area (Å²) in [5.74, 6) is 0.530. The maximum atomic E-state index is 12.8. The summed E-state index contributed by atoms with van der Waals surface area (Å²) in [6.45, 7) is 7.83. The van der Waals surface area contributed by atoms with Crippen LogP contribution in [0.15, 0.2) is 47.4 Å². The first-order valence-corrected chi connectivity index (χ1v) is 8.49. The number of nitrogens with zero attached hydrogens (tertiary/aromatic N) is 3. The molecule has 0 aliphatic heterocycles. The van der Waals surface area contributed by atoms with Crippen LogP contribution in [-0.2, 0) is 4.79 Å². The molecular formula is C20H22N4O2. The molecule has 26 heavy (non-hydrogen) atoms. The number of anilines is 1. The third kappa shape index (κ3) is 3.79. The number of fused-ring (bicyclic) bond motifs is 1. The lowest BCUT2D eigenvalue weighted by atomic mass is 9.92. The molecule has 0 bridgehead atoms. The summed E-state index contributed by atoms with van der Waals surface area (Å²) in [4.78, 5) is 33.4. The molecule has 0 saturated carbocycles. The van der Waals surface area contributed by atoms with Crippen LogP contribution in [0.1, 0.15) is 33.0 Å². The molecule has 1 amide bonds. The van der Waals surface area contributed by atoms with Crippen LogP contribution >= 0.6 is 0 Å². The van der Waals surface area contributed by atoms with E-state index >= 15 is 0 Å². The van der Waals surface area contributed by atoms with E-state index in [9.17, 15) is 9.59 Å². The molecular weight excluding hydrogens is 328 g/mol. The summed E-state index contributed by atoms with van der Waals surface area (Å²) in [5.41, 5.74) is 1.60. The molecule has 1 aromatic carbocycles. The van der Waals surface area contributed by atoms with Crippen molar-refractivity contribution >= 4 is 22.6 Å². The fraction of sp³-hybridized carbons (Fsp3) is 0.300. The summed E-state index contributed by atoms with van der Waals surface area (Å²) < 4.78 is 1.55. The van der Waals surface area contributed by atoms with Gasteiger partial charge < -0.3 is 5.32 Å². The largest absolute Gasteiger partial charge is 0.326 e. The minimum Gasteiger partial charge on any atom is -0.326 e. The Labute approximate surface area is 151 Å². The maximum Gasteiger partial charge on any atom is 0.267 e. The van der Waals surface area contributed by atoms with E-state index in [1.165, 1.54) is 0 Å². The first kappa shape index (κ1) is 17.8. The molecule has 0 saturated heterocycles. The van der Waals surface area contributed by atoms with Gasteiger partial charge in [0.05, 0.1) is 11.1 Å². The lowest BCUT2D eigenvalue weighted by molar-refractivity contribution is -0.117. The number of carbonyl (C=O) groups is 1. The number of carbonyl (C=O) groups excluding carboxylic acids is 1. The number of hydrogen-bond acceptors (Lipinski definition) is 4. The standard InChI is InChI=1S/C20H22N4O2/c1-13-22-18-16(6-5-11-21-18)19(26)24(13)15-9-7-14(8-10-15)23-17(25)12-20(2,3)4/h5-11H,12H2,1-4H3,(H,23,25). The fourth-order valence-electron chi connectivity index (χ4n) is 2.81. The van der Waals surface area contributed by atoms with Gasteiger partial charge in [0.25, 0.3) is 5.56 Å². The van der Waals surface area contributed by atoms with Crippen LogP contribution in [0.4, 0.5) is 5.69 Å². The Morgan fingerprint density at radius 1 is 1.15 bits per heavy atom. The number of aromatic nitrogens is 3. The number of amides is 1. The minimum absolute atomic E-state index is 0.0305. The Balaban J connectivity index is 1.91. The van der Waals surface area contributed by atoms with E-state index in [-0.39, 0.29) is 16.9 Å². The average Bonchev–Trinajstić information content (AvgIpc) is 2.54. The molecule has 0 atom stereocenters. The van der Waals surface area contributed by atoms with Gasteiger partial charge >= 0.3 is 0 Å². The zero-order chi connectivity index (χ0) is 18.9. The number of benzene rings is 1. The van der Waals surface area contributed by atoms with E-state index in [4.69, 9.17) is 0 Å². The average molecular weight is 350 g/mol. The van der Waals surface area contributed by atoms with Gasteiger partial charge in [-0.3, -0.25) is 14.2 Å². The lowest BCUT2D eigenvalue weighted by Crippen LogP contribution is -2.22. The van der Waals surface area contributed by atoms with Crippen molar-refractivity contribution in [3.05, 3.63) is 58.8 Å². The third-order valence-electron chi connectivity index (χ3n) is 3.91. The van der Waals surface area contributed by atoms with Gasteiger partial charge in [-0.05, 0) is 48.7 Å². The van der Waals surface area contributed by atoms with Crippen LogP contribution in [0.2, 0.25) is 0 Å². The highest BCUT2D eigenvalue weighted by Gasteiger charge is 2.16. The molecule has 0 fully saturated rings. The Kier molecular flexibility index (Phi) is 4.59. The van der Waals surface area contributed by atoms with Gasteiger partial charge in [0.2, 0.25) is 5.91 Å². The summed E-state index contributed by atoms with van der Waals surface area (Å²) in [6, 6.07) is 10.6. The monoisotopic (exact) mass is 350 g/mol. The predicted octanol–water partition coefficient (Wildman–Crippen LogP) is 3.46. The molecule has 134 valence electrons. The molecule has 0 aliphatic carbocycles. The van der Waals surface area contributed by atoms with Crippen molar-refractivity contribution in [2.24, 2.45) is 5.41 Å². The van der Waals surface area contributed by atoms with Crippen molar-refractivity contribution in [1.82, 2.24) is 14.5 Å². The molecule has 3 rings (SSSR count). The van der Waals surface area contributed by atoms with Crippen LogP contribution in [-0.4, -0.2) is 20.4 Å². The lowest BCUT2D eigenvalue weighted by Gasteiger charge is -2.17. The summed E-state index contributed by atoms with van der Waals surface area (Å²) in [6.07, 6.45) is 2.06. The Bertz CT molecular complexity index is 1010. The molecule has 6 heteroatoms. The quantitative estimate of drug-likeness (QED) is 0.785. The molecule has 0 spiro atoms. The second kappa shape index (κ2) is 6.71. The molecule has 1 N–H and O–H groups in total. The van der Waals surface area contributed by atoms with E-state index in [1.54, 1.807) is 54.1 Å². The topological polar surface area (TPSA) is 76.9 Å². The van der Waals surface area contributed by atoms with Crippen LogP contribution in [0.3, 0.4) is 0 Å². The Morgan fingerprint density at radius 2 is 1.85 bits per heavy atom. The third-order valence-corrected chi connectivity index (χ3v) is 3.91. The molecule has 2 heterocycles. The molecule has 2 aromatic heterocycles. The highest BCUT2D eigenvalue weighted by molar-refractivity contribution is 5.91. The fourth-order valence-corrected chi connectivity index (χ4v) is 2.81. The number of aryl methyl sites for hydroxylation is 1. The normalized spacial score (nSPS) is 11.5. The van der Waals surface area contributed by atoms with Gasteiger partial charge in [0, 0.05) is 18.3 Å². The van der Waals surface area contributed by atoms with Crippen molar-refractivity contribution < 1.29 is 4.79 Å². The van der Waals surface area contributed by atoms with E-state index in [0.29, 0.717) is 34.7 Å². The van der Waals surface area contributed by atoms with Crippen LogP contribution in [0.25, 0.3) is 16.7 Å². The second-order valence-corrected chi connectivity index (χ2v) is 7.51. The number of hydrogen-bond donors (Lipinski definition) is 1. The molecule has 3 aromatic rings. The van der Waals surface area contributed by atoms with Crippen LogP contribution in [0.5, 0.6) is 0 Å². The van der Waals surface area contributed by atoms with Gasteiger partial charge in [-0.2, -0.15) is 0 Å². The first-order chi connectivity index (χ1) is 12.2. The van der Waals surface area contributed by atoms with Crippen molar-refractivity contribution in [1.29, 1.82) is 0 Å². The second-order valence-electron chi connectivity index (χ2n) is 7.51. The SMILES string of the molecule is Cc1nc2ncccc2c(=O)n1-c1ccc(NC(=O)CC(C)(C)C)cc1. The summed E-state index contributed by atoms with van der Waals surface area (Å²) >= 11 is 0. The number of nitrogens with one attached hydrogen (secondary N) is 1. The predicted molar refractivity (Wildman–Crippen MR) is 103 cm³/mol. The highest BCUT2D eigenvalue weighted by Crippen LogP contribution is 2.20. The van der Waals surface area contributed by atoms with Crippen molar-refractivity contribution in [3.63, 3.8) is 0 Å². The van der Waals surface area contributed by atoms with Crippen LogP contribution < -0.4 is 10.9 Å². The zero-order valence-corrected chi connectivity index (χ0v) is 15.4. The maximum absolute atomic E-state index is 12.8. The van der Waals surface area contributed by atoms with Gasteiger partial charge in [0.1, 0.15) is 5.82 Å².